The van der Waals surface area contributed by atoms with E-state index < -0.39 is 0 Å². The van der Waals surface area contributed by atoms with Crippen molar-refractivity contribution < 1.29 is 10.1 Å². The summed E-state index contributed by atoms with van der Waals surface area (Å²) in [6, 6.07) is 8.00. The number of nitrogens with one attached hydrogen (secondary N) is 1. The molecule has 0 bridgehead atoms. The second-order valence-corrected chi connectivity index (χ2v) is 6.51. The van der Waals surface area contributed by atoms with Crippen LogP contribution in [-0.4, -0.2) is 16.3 Å². The van der Waals surface area contributed by atoms with E-state index in [1.165, 1.54) is 11.3 Å². The molecule has 0 atom stereocenters. The molecular weight excluding hydrogens is 272 g/mol. The van der Waals surface area contributed by atoms with Gasteiger partial charge in [-0.05, 0) is 41.5 Å². The van der Waals surface area contributed by atoms with Gasteiger partial charge in [0.25, 0.3) is 4.34 Å². The molecule has 0 aliphatic carbocycles. The number of para-hydroxylation sites is 1. The second kappa shape index (κ2) is 4.29. The number of nitrogens with zero attached hydrogens (tertiary/aromatic N) is 1. The molecule has 2 heterocycles. The standard InChI is InChI=1S/C11H8N2OS3/c1-15-11-13-9(14)8(17-11)10-12-6-4-2-3-5-7(6)16-10/h2-5,14H,1H3/p+1. The van der Waals surface area contributed by atoms with Crippen molar-refractivity contribution in [1.29, 1.82) is 0 Å². The number of hydrogen-bond donors (Lipinski definition) is 1. The molecule has 0 amide bonds. The quantitative estimate of drug-likeness (QED) is 0.733. The lowest BCUT2D eigenvalue weighted by Gasteiger charge is -1.83. The average molecular weight is 281 g/mol. The molecule has 3 rings (SSSR count). The van der Waals surface area contributed by atoms with Gasteiger partial charge in [0.2, 0.25) is 0 Å². The van der Waals surface area contributed by atoms with Crippen LogP contribution in [0.2, 0.25) is 0 Å². The fourth-order valence-electron chi connectivity index (χ4n) is 1.53. The summed E-state index contributed by atoms with van der Waals surface area (Å²) in [5.74, 6) is 0.207. The van der Waals surface area contributed by atoms with Crippen molar-refractivity contribution in [3.05, 3.63) is 24.3 Å². The van der Waals surface area contributed by atoms with Crippen molar-refractivity contribution in [3.8, 4) is 15.8 Å². The normalized spacial score (nSPS) is 11.1. The molecule has 0 aliphatic heterocycles. The molecule has 17 heavy (non-hydrogen) atoms. The first-order valence-corrected chi connectivity index (χ1v) is 7.78. The number of aromatic nitrogens is 2. The van der Waals surface area contributed by atoms with E-state index in [-0.39, 0.29) is 5.88 Å². The van der Waals surface area contributed by atoms with Crippen molar-refractivity contribution in [1.82, 2.24) is 4.98 Å². The van der Waals surface area contributed by atoms with Gasteiger partial charge in [0, 0.05) is 0 Å². The first-order chi connectivity index (χ1) is 8.28. The van der Waals surface area contributed by atoms with Gasteiger partial charge >= 0.3 is 5.88 Å². The van der Waals surface area contributed by atoms with Gasteiger partial charge in [-0.25, -0.2) is 4.98 Å². The van der Waals surface area contributed by atoms with Crippen molar-refractivity contribution in [2.24, 2.45) is 0 Å². The van der Waals surface area contributed by atoms with Gasteiger partial charge in [-0.3, -0.25) is 0 Å². The highest BCUT2D eigenvalue weighted by Gasteiger charge is 2.21. The summed E-state index contributed by atoms with van der Waals surface area (Å²) in [5, 5.41) is 10.7. The Hall–Kier alpha value is -1.11. The van der Waals surface area contributed by atoms with E-state index in [4.69, 9.17) is 0 Å². The summed E-state index contributed by atoms with van der Waals surface area (Å²) in [7, 11) is 0. The third kappa shape index (κ3) is 1.92. The molecule has 0 fully saturated rings. The Morgan fingerprint density at radius 3 is 2.82 bits per heavy atom. The molecule has 6 heteroatoms. The maximum atomic E-state index is 9.85. The van der Waals surface area contributed by atoms with E-state index in [1.807, 2.05) is 30.5 Å². The lowest BCUT2D eigenvalue weighted by Crippen LogP contribution is -1.98. The fraction of sp³-hybridized carbons (Fsp3) is 0.0909. The molecule has 0 radical (unpaired) electrons. The maximum Gasteiger partial charge on any atom is 0.386 e. The second-order valence-electron chi connectivity index (χ2n) is 3.38. The third-order valence-corrected chi connectivity index (χ3v) is 5.59. The van der Waals surface area contributed by atoms with Crippen molar-refractivity contribution >= 4 is 44.7 Å². The SMILES string of the molecule is CSc1[nH+]c(O)c(-c2nc3ccccc3s2)s1. The monoisotopic (exact) mass is 281 g/mol. The molecule has 0 saturated carbocycles. The number of rotatable bonds is 2. The summed E-state index contributed by atoms with van der Waals surface area (Å²) in [4.78, 5) is 8.29. The minimum atomic E-state index is 0.207. The fourth-order valence-corrected chi connectivity index (χ4v) is 4.08. The molecule has 2 N–H and O–H groups in total. The number of aromatic hydroxyl groups is 1. The number of fused-ring (bicyclic) bond motifs is 1. The molecular formula is C11H9N2OS3+. The van der Waals surface area contributed by atoms with Crippen molar-refractivity contribution in [2.45, 2.75) is 4.34 Å². The number of benzene rings is 1. The van der Waals surface area contributed by atoms with Crippen molar-refractivity contribution in [3.63, 3.8) is 0 Å². The van der Waals surface area contributed by atoms with Crippen LogP contribution in [0.25, 0.3) is 20.1 Å². The first-order valence-electron chi connectivity index (χ1n) is 4.93. The third-order valence-electron chi connectivity index (χ3n) is 2.30. The molecule has 3 aromatic rings. The van der Waals surface area contributed by atoms with E-state index in [0.717, 1.165) is 24.4 Å². The van der Waals surface area contributed by atoms with Gasteiger partial charge in [-0.2, -0.15) is 4.98 Å². The van der Waals surface area contributed by atoms with Gasteiger partial charge in [0.15, 0.2) is 4.88 Å². The van der Waals surface area contributed by atoms with Gasteiger partial charge in [0.05, 0.1) is 10.2 Å². The van der Waals surface area contributed by atoms with Crippen molar-refractivity contribution in [2.75, 3.05) is 6.26 Å². The van der Waals surface area contributed by atoms with Crippen LogP contribution in [0.15, 0.2) is 28.6 Å². The van der Waals surface area contributed by atoms with E-state index in [2.05, 4.69) is 9.97 Å². The highest BCUT2D eigenvalue weighted by molar-refractivity contribution is 8.00. The first kappa shape index (κ1) is 11.0. The van der Waals surface area contributed by atoms with E-state index >= 15 is 0 Å². The van der Waals surface area contributed by atoms with Gasteiger partial charge in [0.1, 0.15) is 5.01 Å². The lowest BCUT2D eigenvalue weighted by molar-refractivity contribution is -0.429. The van der Waals surface area contributed by atoms with E-state index in [0.29, 0.717) is 0 Å². The Labute approximate surface area is 110 Å². The minimum absolute atomic E-state index is 0.207. The number of H-pyrrole nitrogens is 1. The molecule has 0 aliphatic rings. The Morgan fingerprint density at radius 1 is 1.29 bits per heavy atom. The summed E-state index contributed by atoms with van der Waals surface area (Å²) in [6.07, 6.45) is 1.98. The highest BCUT2D eigenvalue weighted by atomic mass is 32.2. The van der Waals surface area contributed by atoms with Crippen LogP contribution in [0, 0.1) is 0 Å². The zero-order valence-corrected chi connectivity index (χ0v) is 11.4. The number of aromatic amines is 1. The Balaban J connectivity index is 2.16. The molecule has 0 saturated heterocycles. The van der Waals surface area contributed by atoms with Crippen LogP contribution in [0.3, 0.4) is 0 Å². The number of thiazole rings is 2. The summed E-state index contributed by atoms with van der Waals surface area (Å²) in [6.45, 7) is 0. The van der Waals surface area contributed by atoms with Crippen LogP contribution in [0.5, 0.6) is 5.88 Å². The Morgan fingerprint density at radius 2 is 2.12 bits per heavy atom. The Bertz CT molecular complexity index is 641. The van der Waals surface area contributed by atoms with Gasteiger partial charge in [-0.15, -0.1) is 11.3 Å². The lowest BCUT2D eigenvalue weighted by atomic mass is 10.3. The highest BCUT2D eigenvalue weighted by Crippen LogP contribution is 2.38. The topological polar surface area (TPSA) is 47.3 Å². The van der Waals surface area contributed by atoms with Crippen LogP contribution < -0.4 is 4.98 Å². The zero-order chi connectivity index (χ0) is 11.8. The molecule has 0 unspecified atom stereocenters. The smallest absolute Gasteiger partial charge is 0.386 e. The number of hydrogen-bond acceptors (Lipinski definition) is 5. The van der Waals surface area contributed by atoms with Gasteiger partial charge in [-0.1, -0.05) is 12.1 Å². The molecule has 1 aromatic carbocycles. The molecule has 86 valence electrons. The van der Waals surface area contributed by atoms with Crippen LogP contribution >= 0.6 is 34.4 Å². The van der Waals surface area contributed by atoms with E-state index in [1.54, 1.807) is 23.1 Å². The van der Waals surface area contributed by atoms with Gasteiger partial charge < -0.3 is 5.11 Å². The summed E-state index contributed by atoms with van der Waals surface area (Å²) in [5.41, 5.74) is 0.978. The largest absolute Gasteiger partial charge is 0.459 e. The average Bonchev–Trinajstić information content (AvgIpc) is 2.91. The van der Waals surface area contributed by atoms with Crippen LogP contribution in [0.4, 0.5) is 0 Å². The number of thioether (sulfide) groups is 1. The minimum Gasteiger partial charge on any atom is -0.459 e. The maximum absolute atomic E-state index is 9.85. The zero-order valence-electron chi connectivity index (χ0n) is 8.93. The summed E-state index contributed by atoms with van der Waals surface area (Å²) >= 11 is 4.72. The Kier molecular flexibility index (Phi) is 2.78. The van der Waals surface area contributed by atoms with Crippen LogP contribution in [0.1, 0.15) is 0 Å². The molecule has 3 nitrogen and oxygen atoms in total. The predicted molar refractivity (Wildman–Crippen MR) is 72.9 cm³/mol. The summed E-state index contributed by atoms with van der Waals surface area (Å²) < 4.78 is 2.12. The molecule has 0 spiro atoms. The molecule has 2 aromatic heterocycles. The van der Waals surface area contributed by atoms with E-state index in [9.17, 15) is 5.11 Å². The predicted octanol–water partition coefficient (Wildman–Crippen LogP) is 3.27. The van der Waals surface area contributed by atoms with Crippen LogP contribution in [-0.2, 0) is 0 Å².